The summed E-state index contributed by atoms with van der Waals surface area (Å²) in [7, 11) is 3.06. The second-order valence-corrected chi connectivity index (χ2v) is 5.98. The van der Waals surface area contributed by atoms with Crippen molar-refractivity contribution in [1.29, 1.82) is 0 Å². The average Bonchev–Trinajstić information content (AvgIpc) is 3.18. The van der Waals surface area contributed by atoms with Gasteiger partial charge in [0, 0.05) is 12.3 Å². The van der Waals surface area contributed by atoms with Gasteiger partial charge in [0.15, 0.2) is 11.2 Å². The van der Waals surface area contributed by atoms with Gasteiger partial charge in [-0.2, -0.15) is 5.10 Å². The molecule has 0 saturated heterocycles. The van der Waals surface area contributed by atoms with Crippen molar-refractivity contribution in [2.45, 2.75) is 6.92 Å². The van der Waals surface area contributed by atoms with Gasteiger partial charge in [-0.05, 0) is 25.1 Å². The highest BCUT2D eigenvalue weighted by molar-refractivity contribution is 5.96. The lowest BCUT2D eigenvalue weighted by Crippen LogP contribution is -2.21. The summed E-state index contributed by atoms with van der Waals surface area (Å²) in [5.41, 5.74) is 1.02. The predicted octanol–water partition coefficient (Wildman–Crippen LogP) is 1.62. The van der Waals surface area contributed by atoms with Crippen LogP contribution in [0.5, 0.6) is 11.5 Å². The molecule has 0 aliphatic rings. The fourth-order valence-corrected chi connectivity index (χ4v) is 3.02. The fraction of sp³-hybridized carbons (Fsp3) is 0.211. The molecule has 0 amide bonds. The van der Waals surface area contributed by atoms with Crippen LogP contribution in [-0.4, -0.2) is 51.2 Å². The van der Waals surface area contributed by atoms with Gasteiger partial charge in [-0.25, -0.2) is 9.31 Å². The van der Waals surface area contributed by atoms with Crippen LogP contribution in [0.2, 0.25) is 0 Å². The lowest BCUT2D eigenvalue weighted by molar-refractivity contribution is 0.0528. The number of carbonyl (C=O) groups excluding carboxylic acids is 1. The normalized spacial score (nSPS) is 11.0. The smallest absolute Gasteiger partial charge is 0.343 e. The predicted molar refractivity (Wildman–Crippen MR) is 103 cm³/mol. The van der Waals surface area contributed by atoms with Crippen molar-refractivity contribution in [3.8, 4) is 17.2 Å². The molecular formula is C19H17N5O5. The van der Waals surface area contributed by atoms with Gasteiger partial charge in [0.1, 0.15) is 22.6 Å². The highest BCUT2D eigenvalue weighted by atomic mass is 16.5. The van der Waals surface area contributed by atoms with Gasteiger partial charge >= 0.3 is 5.97 Å². The first-order chi connectivity index (χ1) is 14.1. The Morgan fingerprint density at radius 1 is 1.14 bits per heavy atom. The number of benzene rings is 1. The molecule has 3 aromatic heterocycles. The van der Waals surface area contributed by atoms with Crippen molar-refractivity contribution >= 4 is 22.6 Å². The molecule has 0 fully saturated rings. The molecule has 4 rings (SSSR count). The molecule has 148 valence electrons. The van der Waals surface area contributed by atoms with Crippen molar-refractivity contribution in [3.63, 3.8) is 0 Å². The van der Waals surface area contributed by atoms with Gasteiger partial charge in [-0.1, -0.05) is 0 Å². The van der Waals surface area contributed by atoms with Crippen LogP contribution in [0.25, 0.3) is 22.4 Å². The standard InChI is InChI=1S/C19H17N5O5/c1-4-29-19(26)12-10-20-24-14-7-8-23(18(25)16(14)21-22-17(12)24)13-6-5-11(27-2)9-15(13)28-3/h5-10H,4H2,1-3H3. The Hall–Kier alpha value is -3.95. The molecule has 0 bridgehead atoms. The number of aromatic nitrogens is 5. The number of nitrogens with zero attached hydrogens (tertiary/aromatic N) is 5. The first-order valence-electron chi connectivity index (χ1n) is 8.74. The molecule has 0 aliphatic heterocycles. The molecule has 0 aliphatic carbocycles. The second kappa shape index (κ2) is 7.23. The Labute approximate surface area is 164 Å². The van der Waals surface area contributed by atoms with Crippen LogP contribution in [-0.2, 0) is 4.74 Å². The number of fused-ring (bicyclic) bond motifs is 3. The molecule has 0 radical (unpaired) electrons. The third-order valence-electron chi connectivity index (χ3n) is 4.40. The third-order valence-corrected chi connectivity index (χ3v) is 4.40. The number of rotatable bonds is 5. The van der Waals surface area contributed by atoms with Gasteiger partial charge in [0.25, 0.3) is 5.56 Å². The summed E-state index contributed by atoms with van der Waals surface area (Å²) in [6.45, 7) is 1.94. The number of methoxy groups -OCH3 is 2. The third kappa shape index (κ3) is 2.94. The van der Waals surface area contributed by atoms with E-state index in [1.165, 1.54) is 22.4 Å². The van der Waals surface area contributed by atoms with Crippen molar-refractivity contribution in [2.24, 2.45) is 0 Å². The number of hydrogen-bond acceptors (Lipinski definition) is 8. The van der Waals surface area contributed by atoms with Crippen LogP contribution >= 0.6 is 0 Å². The van der Waals surface area contributed by atoms with E-state index in [2.05, 4.69) is 15.3 Å². The SMILES string of the molecule is CCOC(=O)c1cnn2c1nnc1c(=O)n(-c3ccc(OC)cc3OC)ccc12. The number of esters is 1. The van der Waals surface area contributed by atoms with Gasteiger partial charge in [0.2, 0.25) is 0 Å². The molecule has 1 aromatic carbocycles. The molecule has 0 N–H and O–H groups in total. The van der Waals surface area contributed by atoms with Gasteiger partial charge in [-0.3, -0.25) is 9.36 Å². The second-order valence-electron chi connectivity index (χ2n) is 5.98. The number of carbonyl (C=O) groups is 1. The lowest BCUT2D eigenvalue weighted by Gasteiger charge is -2.12. The van der Waals surface area contributed by atoms with E-state index < -0.39 is 11.5 Å². The molecule has 0 atom stereocenters. The Morgan fingerprint density at radius 3 is 2.69 bits per heavy atom. The number of ether oxygens (including phenoxy) is 3. The van der Waals surface area contributed by atoms with Crippen LogP contribution in [0, 0.1) is 0 Å². The maximum Gasteiger partial charge on any atom is 0.343 e. The van der Waals surface area contributed by atoms with Crippen LogP contribution in [0.15, 0.2) is 41.5 Å². The molecule has 0 unspecified atom stereocenters. The summed E-state index contributed by atoms with van der Waals surface area (Å²) in [5.74, 6) is 0.514. The van der Waals surface area contributed by atoms with Crippen molar-refractivity contribution in [3.05, 3.63) is 52.6 Å². The van der Waals surface area contributed by atoms with E-state index >= 15 is 0 Å². The summed E-state index contributed by atoms with van der Waals surface area (Å²) in [4.78, 5) is 25.1. The highest BCUT2D eigenvalue weighted by Gasteiger charge is 2.19. The van der Waals surface area contributed by atoms with E-state index in [1.807, 2.05) is 0 Å². The maximum atomic E-state index is 13.1. The van der Waals surface area contributed by atoms with E-state index in [1.54, 1.807) is 44.5 Å². The van der Waals surface area contributed by atoms with Crippen molar-refractivity contribution in [2.75, 3.05) is 20.8 Å². The Kier molecular flexibility index (Phi) is 4.59. The summed E-state index contributed by atoms with van der Waals surface area (Å²) in [5, 5.41) is 12.2. The fourth-order valence-electron chi connectivity index (χ4n) is 3.02. The zero-order chi connectivity index (χ0) is 20.5. The largest absolute Gasteiger partial charge is 0.497 e. The van der Waals surface area contributed by atoms with Gasteiger partial charge < -0.3 is 14.2 Å². The van der Waals surface area contributed by atoms with E-state index in [9.17, 15) is 9.59 Å². The summed E-state index contributed by atoms with van der Waals surface area (Å²) < 4.78 is 18.4. The Balaban J connectivity index is 1.91. The molecule has 4 aromatic rings. The topological polar surface area (TPSA) is 110 Å². The van der Waals surface area contributed by atoms with Crippen molar-refractivity contribution < 1.29 is 19.0 Å². The lowest BCUT2D eigenvalue weighted by atomic mass is 10.2. The minimum Gasteiger partial charge on any atom is -0.497 e. The molecule has 10 heteroatoms. The Morgan fingerprint density at radius 2 is 1.97 bits per heavy atom. The van der Waals surface area contributed by atoms with Crippen LogP contribution in [0.4, 0.5) is 0 Å². The number of hydrogen-bond donors (Lipinski definition) is 0. The summed E-state index contributed by atoms with van der Waals surface area (Å²) >= 11 is 0. The highest BCUT2D eigenvalue weighted by Crippen LogP contribution is 2.27. The van der Waals surface area contributed by atoms with Gasteiger partial charge in [0.05, 0.1) is 32.7 Å². The van der Waals surface area contributed by atoms with Crippen LogP contribution < -0.4 is 15.0 Å². The zero-order valence-corrected chi connectivity index (χ0v) is 15.9. The first kappa shape index (κ1) is 18.4. The average molecular weight is 395 g/mol. The quantitative estimate of drug-likeness (QED) is 0.469. The summed E-state index contributed by atoms with van der Waals surface area (Å²) in [6.07, 6.45) is 2.93. The van der Waals surface area contributed by atoms with E-state index in [-0.39, 0.29) is 23.3 Å². The first-order valence-corrected chi connectivity index (χ1v) is 8.74. The van der Waals surface area contributed by atoms with E-state index in [0.717, 1.165) is 0 Å². The van der Waals surface area contributed by atoms with Gasteiger partial charge in [-0.15, -0.1) is 10.2 Å². The maximum absolute atomic E-state index is 13.1. The Bertz CT molecular complexity index is 1290. The monoisotopic (exact) mass is 395 g/mol. The van der Waals surface area contributed by atoms with E-state index in [0.29, 0.717) is 22.7 Å². The molecule has 0 spiro atoms. The molecular weight excluding hydrogens is 378 g/mol. The molecule has 3 heterocycles. The minimum absolute atomic E-state index is 0.0939. The summed E-state index contributed by atoms with van der Waals surface area (Å²) in [6, 6.07) is 6.79. The molecule has 29 heavy (non-hydrogen) atoms. The number of pyridine rings is 1. The van der Waals surface area contributed by atoms with Crippen LogP contribution in [0.3, 0.4) is 0 Å². The van der Waals surface area contributed by atoms with E-state index in [4.69, 9.17) is 14.2 Å². The molecule has 0 saturated carbocycles. The molecule has 10 nitrogen and oxygen atoms in total. The minimum atomic E-state index is -0.549. The van der Waals surface area contributed by atoms with Crippen LogP contribution in [0.1, 0.15) is 17.3 Å². The zero-order valence-electron chi connectivity index (χ0n) is 15.9. The van der Waals surface area contributed by atoms with Crippen molar-refractivity contribution in [1.82, 2.24) is 24.4 Å².